The van der Waals surface area contributed by atoms with Crippen LogP contribution < -0.4 is 14.8 Å². The summed E-state index contributed by atoms with van der Waals surface area (Å²) in [5.74, 6) is 0.462. The Bertz CT molecular complexity index is 759. The lowest BCUT2D eigenvalue weighted by Gasteiger charge is -2.08. The number of carbonyl (C=O) groups excluding carboxylic acids is 1. The Hall–Kier alpha value is -2.38. The van der Waals surface area contributed by atoms with Crippen molar-refractivity contribution in [1.29, 1.82) is 0 Å². The molecule has 2 rings (SSSR count). The molecule has 2 aromatic rings. The molecule has 0 fully saturated rings. The molecular weight excluding hydrogens is 328 g/mol. The maximum absolute atomic E-state index is 12.0. The Labute approximate surface area is 141 Å². The molecule has 0 aromatic heterocycles. The fourth-order valence-electron chi connectivity index (χ4n) is 2.01. The van der Waals surface area contributed by atoms with E-state index in [1.54, 1.807) is 6.92 Å². The first kappa shape index (κ1) is 18.0. The van der Waals surface area contributed by atoms with E-state index in [1.165, 1.54) is 24.3 Å². The SMILES string of the molecule is CCNS(=O)(=O)c1ccc(C(=O)NCCOc2ccccc2)cc1. The van der Waals surface area contributed by atoms with Gasteiger partial charge in [-0.1, -0.05) is 25.1 Å². The van der Waals surface area contributed by atoms with Crippen molar-refractivity contribution in [3.63, 3.8) is 0 Å². The molecule has 2 aromatic carbocycles. The van der Waals surface area contributed by atoms with Gasteiger partial charge in [0.15, 0.2) is 0 Å². The molecule has 0 saturated heterocycles. The first-order chi connectivity index (χ1) is 11.5. The van der Waals surface area contributed by atoms with E-state index >= 15 is 0 Å². The van der Waals surface area contributed by atoms with Gasteiger partial charge in [-0.3, -0.25) is 4.79 Å². The number of nitrogens with one attached hydrogen (secondary N) is 2. The van der Waals surface area contributed by atoms with E-state index in [4.69, 9.17) is 4.74 Å². The molecule has 0 heterocycles. The van der Waals surface area contributed by atoms with E-state index in [0.29, 0.717) is 25.3 Å². The number of benzene rings is 2. The number of hydrogen-bond acceptors (Lipinski definition) is 4. The van der Waals surface area contributed by atoms with Crippen LogP contribution in [0.4, 0.5) is 0 Å². The van der Waals surface area contributed by atoms with Gasteiger partial charge in [0.1, 0.15) is 12.4 Å². The topological polar surface area (TPSA) is 84.5 Å². The lowest BCUT2D eigenvalue weighted by Crippen LogP contribution is -2.28. The van der Waals surface area contributed by atoms with Gasteiger partial charge in [-0.15, -0.1) is 0 Å². The fraction of sp³-hybridized carbons (Fsp3) is 0.235. The minimum Gasteiger partial charge on any atom is -0.492 e. The summed E-state index contributed by atoms with van der Waals surface area (Å²) in [5.41, 5.74) is 0.394. The smallest absolute Gasteiger partial charge is 0.251 e. The van der Waals surface area contributed by atoms with E-state index in [0.717, 1.165) is 5.75 Å². The summed E-state index contributed by atoms with van der Waals surface area (Å²) in [6, 6.07) is 15.1. The number of para-hydroxylation sites is 1. The highest BCUT2D eigenvalue weighted by Gasteiger charge is 2.13. The molecule has 0 unspecified atom stereocenters. The Balaban J connectivity index is 1.84. The number of ether oxygens (including phenoxy) is 1. The van der Waals surface area contributed by atoms with Crippen LogP contribution in [-0.2, 0) is 10.0 Å². The summed E-state index contributed by atoms with van der Waals surface area (Å²) in [6.45, 7) is 2.72. The third-order valence-electron chi connectivity index (χ3n) is 3.16. The third-order valence-corrected chi connectivity index (χ3v) is 4.72. The van der Waals surface area contributed by atoms with Crippen molar-refractivity contribution in [1.82, 2.24) is 10.0 Å². The monoisotopic (exact) mass is 348 g/mol. The zero-order valence-corrected chi connectivity index (χ0v) is 14.2. The van der Waals surface area contributed by atoms with E-state index in [1.807, 2.05) is 30.3 Å². The van der Waals surface area contributed by atoms with Gasteiger partial charge in [-0.25, -0.2) is 13.1 Å². The molecule has 2 N–H and O–H groups in total. The molecule has 0 spiro atoms. The Morgan fingerprint density at radius 2 is 1.71 bits per heavy atom. The van der Waals surface area contributed by atoms with Crippen LogP contribution in [0.5, 0.6) is 5.75 Å². The zero-order valence-electron chi connectivity index (χ0n) is 13.4. The van der Waals surface area contributed by atoms with Crippen LogP contribution in [0.15, 0.2) is 59.5 Å². The van der Waals surface area contributed by atoms with Crippen LogP contribution >= 0.6 is 0 Å². The summed E-state index contributed by atoms with van der Waals surface area (Å²) >= 11 is 0. The average molecular weight is 348 g/mol. The summed E-state index contributed by atoms with van der Waals surface area (Å²) in [6.07, 6.45) is 0. The van der Waals surface area contributed by atoms with Crippen LogP contribution in [0.3, 0.4) is 0 Å². The number of carbonyl (C=O) groups is 1. The Kier molecular flexibility index (Phi) is 6.34. The predicted octanol–water partition coefficient (Wildman–Crippen LogP) is 1.79. The maximum Gasteiger partial charge on any atom is 0.251 e. The minimum absolute atomic E-state index is 0.133. The molecule has 128 valence electrons. The van der Waals surface area contributed by atoms with E-state index in [-0.39, 0.29) is 10.8 Å². The van der Waals surface area contributed by atoms with Crippen LogP contribution in [-0.4, -0.2) is 34.0 Å². The van der Waals surface area contributed by atoms with Gasteiger partial charge in [0.05, 0.1) is 11.4 Å². The number of hydrogen-bond donors (Lipinski definition) is 2. The highest BCUT2D eigenvalue weighted by atomic mass is 32.2. The summed E-state index contributed by atoms with van der Waals surface area (Å²) in [5, 5.41) is 2.72. The normalized spacial score (nSPS) is 11.0. The second kappa shape index (κ2) is 8.47. The molecule has 1 amide bonds. The average Bonchev–Trinajstić information content (AvgIpc) is 2.59. The molecule has 0 aliphatic heterocycles. The van der Waals surface area contributed by atoms with Gasteiger partial charge in [-0.05, 0) is 36.4 Å². The first-order valence-corrected chi connectivity index (χ1v) is 9.07. The molecule has 6 nitrogen and oxygen atoms in total. The van der Waals surface area contributed by atoms with Gasteiger partial charge in [0.2, 0.25) is 10.0 Å². The standard InChI is InChI=1S/C17H20N2O4S/c1-2-19-24(21,22)16-10-8-14(9-11-16)17(20)18-12-13-23-15-6-4-3-5-7-15/h3-11,19H,2,12-13H2,1H3,(H,18,20). The largest absolute Gasteiger partial charge is 0.492 e. The second-order valence-corrected chi connectivity index (χ2v) is 6.71. The quantitative estimate of drug-likeness (QED) is 0.713. The molecule has 7 heteroatoms. The predicted molar refractivity (Wildman–Crippen MR) is 91.6 cm³/mol. The Morgan fingerprint density at radius 1 is 1.04 bits per heavy atom. The molecule has 0 radical (unpaired) electrons. The minimum atomic E-state index is -3.51. The zero-order chi connectivity index (χ0) is 17.4. The van der Waals surface area contributed by atoms with Crippen molar-refractivity contribution in [2.24, 2.45) is 0 Å². The van der Waals surface area contributed by atoms with Gasteiger partial charge >= 0.3 is 0 Å². The van der Waals surface area contributed by atoms with Crippen molar-refractivity contribution >= 4 is 15.9 Å². The van der Waals surface area contributed by atoms with Crippen molar-refractivity contribution in [2.45, 2.75) is 11.8 Å². The van der Waals surface area contributed by atoms with Gasteiger partial charge in [0.25, 0.3) is 5.91 Å². The molecule has 0 bridgehead atoms. The number of rotatable bonds is 8. The van der Waals surface area contributed by atoms with Gasteiger partial charge in [-0.2, -0.15) is 0 Å². The third kappa shape index (κ3) is 5.07. The van der Waals surface area contributed by atoms with E-state index < -0.39 is 10.0 Å². The number of amides is 1. The molecular formula is C17H20N2O4S. The summed E-state index contributed by atoms with van der Waals surface area (Å²) < 4.78 is 31.5. The summed E-state index contributed by atoms with van der Waals surface area (Å²) in [7, 11) is -3.51. The van der Waals surface area contributed by atoms with E-state index in [2.05, 4.69) is 10.0 Å². The van der Waals surface area contributed by atoms with Crippen LogP contribution in [0.25, 0.3) is 0 Å². The molecule has 0 aliphatic carbocycles. The maximum atomic E-state index is 12.0. The van der Waals surface area contributed by atoms with Crippen molar-refractivity contribution in [3.05, 3.63) is 60.2 Å². The highest BCUT2D eigenvalue weighted by molar-refractivity contribution is 7.89. The van der Waals surface area contributed by atoms with Crippen molar-refractivity contribution in [3.8, 4) is 5.75 Å². The second-order valence-electron chi connectivity index (χ2n) is 4.94. The van der Waals surface area contributed by atoms with Crippen LogP contribution in [0.2, 0.25) is 0 Å². The molecule has 0 saturated carbocycles. The summed E-state index contributed by atoms with van der Waals surface area (Å²) in [4.78, 5) is 12.1. The lowest BCUT2D eigenvalue weighted by molar-refractivity contribution is 0.0947. The van der Waals surface area contributed by atoms with Crippen LogP contribution in [0.1, 0.15) is 17.3 Å². The molecule has 24 heavy (non-hydrogen) atoms. The lowest BCUT2D eigenvalue weighted by atomic mass is 10.2. The van der Waals surface area contributed by atoms with Gasteiger partial charge < -0.3 is 10.1 Å². The first-order valence-electron chi connectivity index (χ1n) is 7.58. The Morgan fingerprint density at radius 3 is 2.33 bits per heavy atom. The molecule has 0 aliphatic rings. The number of sulfonamides is 1. The fourth-order valence-corrected chi connectivity index (χ4v) is 3.05. The van der Waals surface area contributed by atoms with E-state index in [9.17, 15) is 13.2 Å². The van der Waals surface area contributed by atoms with Crippen LogP contribution in [0, 0.1) is 0 Å². The van der Waals surface area contributed by atoms with Crippen molar-refractivity contribution < 1.29 is 17.9 Å². The van der Waals surface area contributed by atoms with Gasteiger partial charge in [0, 0.05) is 12.1 Å². The molecule has 0 atom stereocenters. The highest BCUT2D eigenvalue weighted by Crippen LogP contribution is 2.10. The van der Waals surface area contributed by atoms with Crippen molar-refractivity contribution in [2.75, 3.05) is 19.7 Å².